The standard InChI is InChI=1S/C24H28BrN3O5/c1-32-23(30)20-14-21(16-26-15-20)33-24(31)28-11-7-17(8-12-28)5-6-18-3-2-4-19(13-18)22(29)27-10-9-25/h2-4,13-17H,5-12H2,1H3,(H,27,29). The molecule has 1 aromatic carbocycles. The van der Waals surface area contributed by atoms with Crippen LogP contribution in [0.3, 0.4) is 0 Å². The number of aromatic nitrogens is 1. The lowest BCUT2D eigenvalue weighted by Gasteiger charge is -2.31. The zero-order valence-electron chi connectivity index (χ0n) is 18.6. The number of nitrogens with zero attached hydrogens (tertiary/aromatic N) is 2. The molecule has 1 N–H and O–H groups in total. The highest BCUT2D eigenvalue weighted by Gasteiger charge is 2.24. The molecule has 8 nitrogen and oxygen atoms in total. The number of hydrogen-bond donors (Lipinski definition) is 1. The molecule has 2 amide bonds. The number of ether oxygens (including phenoxy) is 2. The van der Waals surface area contributed by atoms with Gasteiger partial charge in [0.1, 0.15) is 0 Å². The number of hydrogen-bond acceptors (Lipinski definition) is 6. The number of piperidine rings is 1. The lowest BCUT2D eigenvalue weighted by molar-refractivity contribution is 0.0599. The van der Waals surface area contributed by atoms with Crippen LogP contribution in [0, 0.1) is 5.92 Å². The molecule has 0 radical (unpaired) electrons. The molecule has 2 aromatic rings. The van der Waals surface area contributed by atoms with Crippen LogP contribution in [0.2, 0.25) is 0 Å². The van der Waals surface area contributed by atoms with Gasteiger partial charge in [-0.3, -0.25) is 9.78 Å². The topological polar surface area (TPSA) is 97.8 Å². The number of nitrogens with one attached hydrogen (secondary N) is 1. The molecular formula is C24H28BrN3O5. The minimum atomic E-state index is -0.536. The van der Waals surface area contributed by atoms with Crippen LogP contribution in [0.15, 0.2) is 42.7 Å². The fourth-order valence-electron chi connectivity index (χ4n) is 3.78. The average Bonchev–Trinajstić information content (AvgIpc) is 2.86. The monoisotopic (exact) mass is 517 g/mol. The zero-order chi connectivity index (χ0) is 23.6. The number of methoxy groups -OCH3 is 1. The van der Waals surface area contributed by atoms with Crippen molar-refractivity contribution in [3.63, 3.8) is 0 Å². The molecule has 33 heavy (non-hydrogen) atoms. The van der Waals surface area contributed by atoms with E-state index in [9.17, 15) is 14.4 Å². The normalized spacial score (nSPS) is 13.9. The summed E-state index contributed by atoms with van der Waals surface area (Å²) in [5.41, 5.74) is 2.05. The first-order valence-electron chi connectivity index (χ1n) is 10.9. The second-order valence-electron chi connectivity index (χ2n) is 7.88. The number of carbonyl (C=O) groups excluding carboxylic acids is 3. The lowest BCUT2D eigenvalue weighted by atomic mass is 9.90. The van der Waals surface area contributed by atoms with Crippen molar-refractivity contribution in [3.8, 4) is 5.75 Å². The van der Waals surface area contributed by atoms with Crippen LogP contribution in [-0.2, 0) is 11.2 Å². The van der Waals surface area contributed by atoms with Crippen molar-refractivity contribution in [1.29, 1.82) is 0 Å². The molecule has 0 aliphatic carbocycles. The first-order chi connectivity index (χ1) is 16.0. The largest absolute Gasteiger partial charge is 0.465 e. The molecule has 3 rings (SSSR count). The molecule has 9 heteroatoms. The molecule has 176 valence electrons. The Bertz CT molecular complexity index is 976. The van der Waals surface area contributed by atoms with E-state index in [4.69, 9.17) is 4.74 Å². The van der Waals surface area contributed by atoms with Crippen molar-refractivity contribution in [2.24, 2.45) is 5.92 Å². The van der Waals surface area contributed by atoms with Gasteiger partial charge in [0.05, 0.1) is 18.9 Å². The van der Waals surface area contributed by atoms with E-state index in [0.29, 0.717) is 31.1 Å². The van der Waals surface area contributed by atoms with Crippen molar-refractivity contribution in [1.82, 2.24) is 15.2 Å². The number of amides is 2. The van der Waals surface area contributed by atoms with Crippen molar-refractivity contribution >= 4 is 33.9 Å². The SMILES string of the molecule is COC(=O)c1cncc(OC(=O)N2CCC(CCc3cccc(C(=O)NCCBr)c3)CC2)c1. The molecule has 0 saturated carbocycles. The Hall–Kier alpha value is -2.94. The lowest BCUT2D eigenvalue weighted by Crippen LogP contribution is -2.40. The van der Waals surface area contributed by atoms with E-state index in [1.165, 1.54) is 25.6 Å². The van der Waals surface area contributed by atoms with E-state index in [-0.39, 0.29) is 17.2 Å². The van der Waals surface area contributed by atoms with Crippen LogP contribution < -0.4 is 10.1 Å². The highest BCUT2D eigenvalue weighted by molar-refractivity contribution is 9.09. The smallest absolute Gasteiger partial charge is 0.415 e. The summed E-state index contributed by atoms with van der Waals surface area (Å²) < 4.78 is 10.1. The summed E-state index contributed by atoms with van der Waals surface area (Å²) in [5, 5.41) is 3.59. The van der Waals surface area contributed by atoms with Crippen molar-refractivity contribution in [2.45, 2.75) is 25.7 Å². The fourth-order valence-corrected chi connectivity index (χ4v) is 3.97. The number of pyridine rings is 1. The second kappa shape index (κ2) is 12.3. The van der Waals surface area contributed by atoms with Gasteiger partial charge in [-0.2, -0.15) is 0 Å². The molecule has 0 spiro atoms. The third kappa shape index (κ3) is 7.28. The third-order valence-corrected chi connectivity index (χ3v) is 6.02. The highest BCUT2D eigenvalue weighted by atomic mass is 79.9. The Kier molecular flexibility index (Phi) is 9.24. The van der Waals surface area contributed by atoms with Gasteiger partial charge in [-0.25, -0.2) is 9.59 Å². The van der Waals surface area contributed by atoms with Gasteiger partial charge in [0.25, 0.3) is 5.91 Å². The van der Waals surface area contributed by atoms with Crippen LogP contribution in [0.4, 0.5) is 4.79 Å². The van der Waals surface area contributed by atoms with E-state index in [2.05, 4.69) is 31.0 Å². The minimum absolute atomic E-state index is 0.0598. The van der Waals surface area contributed by atoms with Gasteiger partial charge in [0.15, 0.2) is 5.75 Å². The number of esters is 1. The molecule has 1 saturated heterocycles. The van der Waals surface area contributed by atoms with Crippen LogP contribution >= 0.6 is 15.9 Å². The molecule has 1 aliphatic heterocycles. The first kappa shape index (κ1) is 24.7. The van der Waals surface area contributed by atoms with Gasteiger partial charge in [-0.05, 0) is 55.4 Å². The summed E-state index contributed by atoms with van der Waals surface area (Å²) in [7, 11) is 1.28. The van der Waals surface area contributed by atoms with E-state index >= 15 is 0 Å². The Labute approximate surface area is 201 Å². The molecule has 2 heterocycles. The summed E-state index contributed by atoms with van der Waals surface area (Å²) in [5.74, 6) is 0.121. The van der Waals surface area contributed by atoms with Crippen LogP contribution in [0.25, 0.3) is 0 Å². The van der Waals surface area contributed by atoms with Gasteiger partial charge in [0.2, 0.25) is 0 Å². The number of benzene rings is 1. The predicted molar refractivity (Wildman–Crippen MR) is 127 cm³/mol. The van der Waals surface area contributed by atoms with E-state index in [1.807, 2.05) is 24.3 Å². The van der Waals surface area contributed by atoms with Gasteiger partial charge in [-0.1, -0.05) is 28.1 Å². The Morgan fingerprint density at radius 1 is 1.15 bits per heavy atom. The molecule has 1 fully saturated rings. The minimum Gasteiger partial charge on any atom is -0.465 e. The Balaban J connectivity index is 1.45. The Morgan fingerprint density at radius 3 is 2.67 bits per heavy atom. The van der Waals surface area contributed by atoms with E-state index < -0.39 is 12.1 Å². The molecule has 0 unspecified atom stereocenters. The third-order valence-electron chi connectivity index (χ3n) is 5.62. The van der Waals surface area contributed by atoms with Crippen molar-refractivity contribution in [2.75, 3.05) is 32.1 Å². The van der Waals surface area contributed by atoms with Gasteiger partial charge < -0.3 is 19.7 Å². The number of alkyl halides is 1. The van der Waals surface area contributed by atoms with Gasteiger partial charge >= 0.3 is 12.1 Å². The molecular weight excluding hydrogens is 490 g/mol. The Morgan fingerprint density at radius 2 is 1.94 bits per heavy atom. The highest BCUT2D eigenvalue weighted by Crippen LogP contribution is 2.24. The predicted octanol–water partition coefficient (Wildman–Crippen LogP) is 3.84. The number of likely N-dealkylation sites (tertiary alicyclic amines) is 1. The second-order valence-corrected chi connectivity index (χ2v) is 8.68. The zero-order valence-corrected chi connectivity index (χ0v) is 20.2. The number of carbonyl (C=O) groups is 3. The summed E-state index contributed by atoms with van der Waals surface area (Å²) >= 11 is 3.31. The maximum absolute atomic E-state index is 12.5. The van der Waals surface area contributed by atoms with Gasteiger partial charge in [0, 0.05) is 36.7 Å². The van der Waals surface area contributed by atoms with E-state index in [1.54, 1.807) is 4.90 Å². The summed E-state index contributed by atoms with van der Waals surface area (Å²) in [6, 6.07) is 9.18. The van der Waals surface area contributed by atoms with Crippen LogP contribution in [0.5, 0.6) is 5.75 Å². The maximum atomic E-state index is 12.5. The number of aryl methyl sites for hydroxylation is 1. The van der Waals surface area contributed by atoms with Crippen LogP contribution in [0.1, 0.15) is 45.5 Å². The number of rotatable bonds is 8. The molecule has 1 aromatic heterocycles. The van der Waals surface area contributed by atoms with Crippen LogP contribution in [-0.4, -0.2) is 59.9 Å². The quantitative estimate of drug-likeness (QED) is 0.422. The summed E-state index contributed by atoms with van der Waals surface area (Å²) in [6.07, 6.45) is 5.98. The number of halogens is 1. The molecule has 0 atom stereocenters. The first-order valence-corrected chi connectivity index (χ1v) is 12.1. The fraction of sp³-hybridized carbons (Fsp3) is 0.417. The molecule has 1 aliphatic rings. The van der Waals surface area contributed by atoms with E-state index in [0.717, 1.165) is 36.6 Å². The van der Waals surface area contributed by atoms with Crippen molar-refractivity contribution in [3.05, 3.63) is 59.4 Å². The van der Waals surface area contributed by atoms with Crippen molar-refractivity contribution < 1.29 is 23.9 Å². The molecule has 0 bridgehead atoms. The maximum Gasteiger partial charge on any atom is 0.415 e. The average molecular weight is 518 g/mol. The summed E-state index contributed by atoms with van der Waals surface area (Å²) in [6.45, 7) is 1.82. The summed E-state index contributed by atoms with van der Waals surface area (Å²) in [4.78, 5) is 41.9. The van der Waals surface area contributed by atoms with Gasteiger partial charge in [-0.15, -0.1) is 0 Å².